The highest BCUT2D eigenvalue weighted by molar-refractivity contribution is 6.30. The number of anilines is 2. The molecule has 2 amide bonds. The Bertz CT molecular complexity index is 1020. The molecule has 0 aromatic heterocycles. The van der Waals surface area contributed by atoms with Gasteiger partial charge in [0.2, 0.25) is 0 Å². The summed E-state index contributed by atoms with van der Waals surface area (Å²) in [7, 11) is 0. The Morgan fingerprint density at radius 1 is 1.00 bits per heavy atom. The van der Waals surface area contributed by atoms with E-state index in [1.54, 1.807) is 20.8 Å². The quantitative estimate of drug-likeness (QED) is 0.560. The molecule has 0 radical (unpaired) electrons. The summed E-state index contributed by atoms with van der Waals surface area (Å²) in [5.74, 6) is -1.89. The van der Waals surface area contributed by atoms with Crippen molar-refractivity contribution >= 4 is 40.9 Å². The van der Waals surface area contributed by atoms with Crippen molar-refractivity contribution in [3.8, 4) is 0 Å². The topological polar surface area (TPSA) is 93.7 Å². The molecule has 32 heavy (non-hydrogen) atoms. The van der Waals surface area contributed by atoms with E-state index >= 15 is 0 Å². The Morgan fingerprint density at radius 2 is 1.69 bits per heavy atom. The molecule has 0 unspecified atom stereocenters. The lowest BCUT2D eigenvalue weighted by molar-refractivity contribution is -0.137. The molecule has 0 atom stereocenters. The Balaban J connectivity index is 1.99. The summed E-state index contributed by atoms with van der Waals surface area (Å²) in [6.45, 7) is 4.23. The van der Waals surface area contributed by atoms with E-state index in [0.29, 0.717) is 6.07 Å². The largest absolute Gasteiger partial charge is 0.452 e. The van der Waals surface area contributed by atoms with Gasteiger partial charge in [-0.2, -0.15) is 13.2 Å². The molecule has 0 bridgehead atoms. The molecule has 2 aromatic rings. The predicted molar refractivity (Wildman–Crippen MR) is 112 cm³/mol. The predicted octanol–water partition coefficient (Wildman–Crippen LogP) is 5.50. The first-order valence-electron chi connectivity index (χ1n) is 9.18. The van der Waals surface area contributed by atoms with Gasteiger partial charge in [-0.3, -0.25) is 10.1 Å². The number of esters is 1. The highest BCUT2D eigenvalue weighted by atomic mass is 35.5. The van der Waals surface area contributed by atoms with Gasteiger partial charge in [-0.15, -0.1) is 0 Å². The van der Waals surface area contributed by atoms with Crippen LogP contribution in [0.15, 0.2) is 42.5 Å². The van der Waals surface area contributed by atoms with Crippen LogP contribution in [0, 0.1) is 0 Å². The summed E-state index contributed by atoms with van der Waals surface area (Å²) in [5, 5.41) is 4.34. The highest BCUT2D eigenvalue weighted by Crippen LogP contribution is 2.36. The minimum Gasteiger partial charge on any atom is -0.452 e. The first kappa shape index (κ1) is 25.0. The number of benzene rings is 2. The zero-order chi connectivity index (χ0) is 24.1. The SMILES string of the molecule is CC(C)(C)OC(=O)Nc1cccc(C(=O)OCC(=O)Nc2ccc(Cl)cc2C(F)(F)F)c1. The smallest absolute Gasteiger partial charge is 0.418 e. The van der Waals surface area contributed by atoms with E-state index in [4.69, 9.17) is 21.1 Å². The molecule has 0 aliphatic rings. The van der Waals surface area contributed by atoms with Crippen molar-refractivity contribution in [1.82, 2.24) is 0 Å². The summed E-state index contributed by atoms with van der Waals surface area (Å²) in [5.41, 5.74) is -2.12. The molecule has 0 saturated heterocycles. The first-order chi connectivity index (χ1) is 14.7. The number of carbonyl (C=O) groups is 3. The van der Waals surface area contributed by atoms with Crippen molar-refractivity contribution in [2.75, 3.05) is 17.2 Å². The van der Waals surface area contributed by atoms with E-state index in [9.17, 15) is 27.6 Å². The summed E-state index contributed by atoms with van der Waals surface area (Å²) >= 11 is 5.59. The molecule has 0 spiro atoms. The van der Waals surface area contributed by atoms with Crippen molar-refractivity contribution in [3.63, 3.8) is 0 Å². The maximum absolute atomic E-state index is 13.1. The van der Waals surface area contributed by atoms with Gasteiger partial charge in [-0.1, -0.05) is 17.7 Å². The van der Waals surface area contributed by atoms with Crippen LogP contribution in [0.3, 0.4) is 0 Å². The molecule has 172 valence electrons. The maximum atomic E-state index is 13.1. The maximum Gasteiger partial charge on any atom is 0.418 e. The second kappa shape index (κ2) is 9.90. The van der Waals surface area contributed by atoms with Crippen molar-refractivity contribution in [3.05, 3.63) is 58.6 Å². The molecular formula is C21H20ClF3N2O5. The number of halogens is 4. The lowest BCUT2D eigenvalue weighted by atomic mass is 10.1. The number of amides is 2. The number of nitrogens with one attached hydrogen (secondary N) is 2. The van der Waals surface area contributed by atoms with E-state index in [-0.39, 0.29) is 16.3 Å². The molecule has 7 nitrogen and oxygen atoms in total. The third kappa shape index (κ3) is 7.77. The standard InChI is InChI=1S/C21H20ClF3N2O5/c1-20(2,3)32-19(30)26-14-6-4-5-12(9-14)18(29)31-11-17(28)27-16-8-7-13(22)10-15(16)21(23,24)25/h4-10H,11H2,1-3H3,(H,26,30)(H,27,28). The van der Waals surface area contributed by atoms with Gasteiger partial charge in [-0.25, -0.2) is 9.59 Å². The third-order valence-electron chi connectivity index (χ3n) is 3.64. The average Bonchev–Trinajstić information content (AvgIpc) is 2.65. The van der Waals surface area contributed by atoms with Gasteiger partial charge in [-0.05, 0) is 57.2 Å². The number of ether oxygens (including phenoxy) is 2. The number of rotatable bonds is 5. The number of hydrogen-bond acceptors (Lipinski definition) is 5. The van der Waals surface area contributed by atoms with Crippen molar-refractivity contribution in [2.45, 2.75) is 32.5 Å². The first-order valence-corrected chi connectivity index (χ1v) is 9.56. The fourth-order valence-corrected chi connectivity index (χ4v) is 2.58. The van der Waals surface area contributed by atoms with Crippen LogP contribution in [-0.4, -0.2) is 30.2 Å². The van der Waals surface area contributed by atoms with Crippen LogP contribution in [-0.2, 0) is 20.4 Å². The van der Waals surface area contributed by atoms with E-state index < -0.39 is 47.6 Å². The van der Waals surface area contributed by atoms with Gasteiger partial charge >= 0.3 is 18.2 Å². The molecule has 0 aliphatic carbocycles. The lowest BCUT2D eigenvalue weighted by Crippen LogP contribution is -2.27. The van der Waals surface area contributed by atoms with Crippen LogP contribution in [0.5, 0.6) is 0 Å². The number of alkyl halides is 3. The summed E-state index contributed by atoms with van der Waals surface area (Å²) in [6.07, 6.45) is -5.47. The molecule has 0 saturated carbocycles. The second-order valence-electron chi connectivity index (χ2n) is 7.52. The summed E-state index contributed by atoms with van der Waals surface area (Å²) in [6, 6.07) is 8.50. The molecule has 0 aliphatic heterocycles. The number of hydrogen-bond donors (Lipinski definition) is 2. The molecule has 2 aromatic carbocycles. The molecule has 0 heterocycles. The van der Waals surface area contributed by atoms with E-state index in [1.165, 1.54) is 30.3 Å². The monoisotopic (exact) mass is 472 g/mol. The Morgan fingerprint density at radius 3 is 2.31 bits per heavy atom. The zero-order valence-electron chi connectivity index (χ0n) is 17.3. The van der Waals surface area contributed by atoms with Crippen molar-refractivity contribution in [1.29, 1.82) is 0 Å². The molecule has 0 fully saturated rings. The minimum absolute atomic E-state index is 0.00818. The van der Waals surface area contributed by atoms with Crippen LogP contribution in [0.2, 0.25) is 5.02 Å². The van der Waals surface area contributed by atoms with Gasteiger partial charge in [0.15, 0.2) is 6.61 Å². The molecule has 11 heteroatoms. The molecule has 2 rings (SSSR count). The van der Waals surface area contributed by atoms with Gasteiger partial charge in [0.25, 0.3) is 5.91 Å². The van der Waals surface area contributed by atoms with Crippen LogP contribution >= 0.6 is 11.6 Å². The lowest BCUT2D eigenvalue weighted by Gasteiger charge is -2.19. The Kier molecular flexibility index (Phi) is 7.73. The van der Waals surface area contributed by atoms with E-state index in [2.05, 4.69) is 5.32 Å². The van der Waals surface area contributed by atoms with Crippen molar-refractivity contribution in [2.24, 2.45) is 0 Å². The average molecular weight is 473 g/mol. The van der Waals surface area contributed by atoms with Gasteiger partial charge < -0.3 is 14.8 Å². The Labute approximate surface area is 186 Å². The van der Waals surface area contributed by atoms with E-state index in [0.717, 1.165) is 6.07 Å². The Hall–Kier alpha value is -3.27. The summed E-state index contributed by atoms with van der Waals surface area (Å²) < 4.78 is 49.3. The van der Waals surface area contributed by atoms with Crippen LogP contribution in [0.1, 0.15) is 36.7 Å². The summed E-state index contributed by atoms with van der Waals surface area (Å²) in [4.78, 5) is 36.0. The number of carbonyl (C=O) groups excluding carboxylic acids is 3. The minimum atomic E-state index is -4.74. The fourth-order valence-electron chi connectivity index (χ4n) is 2.41. The second-order valence-corrected chi connectivity index (χ2v) is 7.96. The van der Waals surface area contributed by atoms with Gasteiger partial charge in [0.05, 0.1) is 16.8 Å². The van der Waals surface area contributed by atoms with Gasteiger partial charge in [0, 0.05) is 10.7 Å². The normalized spacial score (nSPS) is 11.5. The van der Waals surface area contributed by atoms with E-state index in [1.807, 2.05) is 5.32 Å². The third-order valence-corrected chi connectivity index (χ3v) is 3.87. The van der Waals surface area contributed by atoms with Crippen LogP contribution < -0.4 is 10.6 Å². The van der Waals surface area contributed by atoms with Crippen LogP contribution in [0.4, 0.5) is 29.3 Å². The fraction of sp³-hybridized carbons (Fsp3) is 0.286. The molecular weight excluding hydrogens is 453 g/mol. The van der Waals surface area contributed by atoms with Gasteiger partial charge in [0.1, 0.15) is 5.60 Å². The highest BCUT2D eigenvalue weighted by Gasteiger charge is 2.34. The molecule has 2 N–H and O–H groups in total. The van der Waals surface area contributed by atoms with Crippen LogP contribution in [0.25, 0.3) is 0 Å². The zero-order valence-corrected chi connectivity index (χ0v) is 18.1. The van der Waals surface area contributed by atoms with Crippen molar-refractivity contribution < 1.29 is 37.0 Å².